The Labute approximate surface area is 173 Å². The lowest BCUT2D eigenvalue weighted by Gasteiger charge is -2.12. The Morgan fingerprint density at radius 3 is 2.63 bits per heavy atom. The first-order valence-corrected chi connectivity index (χ1v) is 10.8. The average molecular weight is 424 g/mol. The molecule has 2 N–H and O–H groups in total. The lowest BCUT2D eigenvalue weighted by molar-refractivity contribution is 0.0935. The molecule has 0 bridgehead atoms. The highest BCUT2D eigenvalue weighted by Crippen LogP contribution is 2.24. The summed E-state index contributed by atoms with van der Waals surface area (Å²) in [5, 5.41) is 3.79. The SMILES string of the molecule is CC(NC(=O)c1cccc(S(=O)(=O)NCc2ccco2)c1)c1cc2ccccc2o1. The van der Waals surface area contributed by atoms with Crippen molar-refractivity contribution in [3.8, 4) is 0 Å². The van der Waals surface area contributed by atoms with Crippen LogP contribution in [-0.2, 0) is 16.6 Å². The number of amides is 1. The molecule has 0 radical (unpaired) electrons. The van der Waals surface area contributed by atoms with Gasteiger partial charge in [-0.1, -0.05) is 24.3 Å². The molecule has 8 heteroatoms. The van der Waals surface area contributed by atoms with Crippen molar-refractivity contribution in [3.63, 3.8) is 0 Å². The zero-order valence-corrected chi connectivity index (χ0v) is 17.0. The van der Waals surface area contributed by atoms with E-state index in [1.54, 1.807) is 25.1 Å². The summed E-state index contributed by atoms with van der Waals surface area (Å²) in [5.41, 5.74) is 0.975. The molecular formula is C22H20N2O5S. The van der Waals surface area contributed by atoms with E-state index in [9.17, 15) is 13.2 Å². The number of sulfonamides is 1. The molecule has 0 aliphatic rings. The minimum atomic E-state index is -3.80. The number of para-hydroxylation sites is 1. The maximum absolute atomic E-state index is 12.7. The molecule has 0 saturated carbocycles. The number of benzene rings is 2. The van der Waals surface area contributed by atoms with Crippen molar-refractivity contribution in [2.45, 2.75) is 24.4 Å². The fraction of sp³-hybridized carbons (Fsp3) is 0.136. The summed E-state index contributed by atoms with van der Waals surface area (Å²) in [6.07, 6.45) is 1.47. The maximum Gasteiger partial charge on any atom is 0.251 e. The molecule has 0 saturated heterocycles. The van der Waals surface area contributed by atoms with Crippen molar-refractivity contribution < 1.29 is 22.0 Å². The van der Waals surface area contributed by atoms with Crippen molar-refractivity contribution in [1.29, 1.82) is 0 Å². The Balaban J connectivity index is 1.47. The van der Waals surface area contributed by atoms with Crippen LogP contribution in [-0.4, -0.2) is 14.3 Å². The molecule has 30 heavy (non-hydrogen) atoms. The van der Waals surface area contributed by atoms with E-state index in [-0.39, 0.29) is 23.0 Å². The lowest BCUT2D eigenvalue weighted by Crippen LogP contribution is -2.27. The van der Waals surface area contributed by atoms with Crippen LogP contribution >= 0.6 is 0 Å². The second kappa shape index (κ2) is 8.17. The zero-order valence-electron chi connectivity index (χ0n) is 16.2. The predicted molar refractivity (Wildman–Crippen MR) is 111 cm³/mol. The van der Waals surface area contributed by atoms with E-state index >= 15 is 0 Å². The average Bonchev–Trinajstić information content (AvgIpc) is 3.42. The zero-order chi connectivity index (χ0) is 21.1. The van der Waals surface area contributed by atoms with Gasteiger partial charge in [0.25, 0.3) is 5.91 Å². The molecule has 4 aromatic rings. The topological polar surface area (TPSA) is 102 Å². The van der Waals surface area contributed by atoms with Crippen LogP contribution in [0.3, 0.4) is 0 Å². The quantitative estimate of drug-likeness (QED) is 0.467. The molecule has 4 rings (SSSR count). The summed E-state index contributed by atoms with van der Waals surface area (Å²) in [7, 11) is -3.80. The maximum atomic E-state index is 12.7. The molecule has 1 amide bonds. The third-order valence-corrected chi connectivity index (χ3v) is 6.04. The standard InChI is InChI=1S/C22H20N2O5S/c1-15(21-13-16-6-2-3-10-20(16)29-21)24-22(25)17-7-4-9-19(12-17)30(26,27)23-14-18-8-5-11-28-18/h2-13,15,23H,14H2,1H3,(H,24,25). The second-order valence-electron chi connectivity index (χ2n) is 6.81. The number of rotatable bonds is 7. The van der Waals surface area contributed by atoms with Gasteiger partial charge in [-0.2, -0.15) is 0 Å². The molecule has 0 fully saturated rings. The summed E-state index contributed by atoms with van der Waals surface area (Å²) in [4.78, 5) is 12.7. The Kier molecular flexibility index (Phi) is 5.43. The highest BCUT2D eigenvalue weighted by molar-refractivity contribution is 7.89. The van der Waals surface area contributed by atoms with Crippen LogP contribution in [0.4, 0.5) is 0 Å². The summed E-state index contributed by atoms with van der Waals surface area (Å²) >= 11 is 0. The van der Waals surface area contributed by atoms with E-state index in [2.05, 4.69) is 10.0 Å². The van der Waals surface area contributed by atoms with Crippen molar-refractivity contribution in [2.75, 3.05) is 0 Å². The van der Waals surface area contributed by atoms with Gasteiger partial charge in [-0.3, -0.25) is 4.79 Å². The molecule has 2 aromatic carbocycles. The molecule has 2 aromatic heterocycles. The van der Waals surface area contributed by atoms with E-state index in [0.29, 0.717) is 11.5 Å². The van der Waals surface area contributed by atoms with Gasteiger partial charge in [-0.25, -0.2) is 13.1 Å². The van der Waals surface area contributed by atoms with E-state index in [1.165, 1.54) is 24.5 Å². The molecule has 2 heterocycles. The Morgan fingerprint density at radius 1 is 1.03 bits per heavy atom. The van der Waals surface area contributed by atoms with Crippen LogP contribution in [0.5, 0.6) is 0 Å². The van der Waals surface area contributed by atoms with Crippen molar-refractivity contribution in [1.82, 2.24) is 10.0 Å². The van der Waals surface area contributed by atoms with Crippen LogP contribution in [0.2, 0.25) is 0 Å². The van der Waals surface area contributed by atoms with Gasteiger partial charge in [-0.15, -0.1) is 0 Å². The molecule has 7 nitrogen and oxygen atoms in total. The van der Waals surface area contributed by atoms with Gasteiger partial charge in [0.1, 0.15) is 17.1 Å². The Bertz CT molecular complexity index is 1240. The van der Waals surface area contributed by atoms with Crippen LogP contribution in [0.25, 0.3) is 11.0 Å². The molecule has 0 aliphatic carbocycles. The number of furan rings is 2. The van der Waals surface area contributed by atoms with E-state index in [4.69, 9.17) is 8.83 Å². The Hall–Kier alpha value is -3.36. The van der Waals surface area contributed by atoms with Gasteiger partial charge in [0.05, 0.1) is 23.7 Å². The van der Waals surface area contributed by atoms with Crippen LogP contribution in [0.1, 0.15) is 34.8 Å². The molecule has 154 valence electrons. The van der Waals surface area contributed by atoms with Crippen LogP contribution < -0.4 is 10.0 Å². The third-order valence-electron chi connectivity index (χ3n) is 4.64. The highest BCUT2D eigenvalue weighted by atomic mass is 32.2. The van der Waals surface area contributed by atoms with Gasteiger partial charge in [0.15, 0.2) is 0 Å². The first kappa shape index (κ1) is 19.9. The number of fused-ring (bicyclic) bond motifs is 1. The van der Waals surface area contributed by atoms with Gasteiger partial charge in [-0.05, 0) is 49.4 Å². The molecule has 0 aliphatic heterocycles. The molecule has 1 unspecified atom stereocenters. The first-order valence-electron chi connectivity index (χ1n) is 9.34. The van der Waals surface area contributed by atoms with Crippen LogP contribution in [0, 0.1) is 0 Å². The smallest absolute Gasteiger partial charge is 0.251 e. The van der Waals surface area contributed by atoms with E-state index < -0.39 is 15.9 Å². The summed E-state index contributed by atoms with van der Waals surface area (Å²) in [6, 6.07) is 18.3. The van der Waals surface area contributed by atoms with Gasteiger partial charge in [0.2, 0.25) is 10.0 Å². The minimum absolute atomic E-state index is 0.00176. The predicted octanol–water partition coefficient (Wildman–Crippen LogP) is 4.00. The number of carbonyl (C=O) groups excluding carboxylic acids is 1. The summed E-state index contributed by atoms with van der Waals surface area (Å²) in [5.74, 6) is 0.714. The normalized spacial score (nSPS) is 12.7. The monoisotopic (exact) mass is 424 g/mol. The second-order valence-corrected chi connectivity index (χ2v) is 8.58. The van der Waals surface area contributed by atoms with Crippen molar-refractivity contribution in [3.05, 3.63) is 90.1 Å². The molecule has 0 spiro atoms. The van der Waals surface area contributed by atoms with E-state index in [1.807, 2.05) is 30.3 Å². The number of hydrogen-bond donors (Lipinski definition) is 2. The Morgan fingerprint density at radius 2 is 1.87 bits per heavy atom. The van der Waals surface area contributed by atoms with Crippen molar-refractivity contribution in [2.24, 2.45) is 0 Å². The summed E-state index contributed by atoms with van der Waals surface area (Å²) < 4.78 is 38.5. The fourth-order valence-corrected chi connectivity index (χ4v) is 4.07. The lowest BCUT2D eigenvalue weighted by atomic mass is 10.1. The molecule has 1 atom stereocenters. The summed E-state index contributed by atoms with van der Waals surface area (Å²) in [6.45, 7) is 1.83. The largest absolute Gasteiger partial charge is 0.468 e. The van der Waals surface area contributed by atoms with Gasteiger partial charge < -0.3 is 14.2 Å². The number of carbonyl (C=O) groups is 1. The minimum Gasteiger partial charge on any atom is -0.468 e. The first-order chi connectivity index (χ1) is 14.4. The van der Waals surface area contributed by atoms with Gasteiger partial charge >= 0.3 is 0 Å². The molecular weight excluding hydrogens is 404 g/mol. The fourth-order valence-electron chi connectivity index (χ4n) is 3.03. The number of hydrogen-bond acceptors (Lipinski definition) is 5. The van der Waals surface area contributed by atoms with Crippen LogP contribution in [0.15, 0.2) is 86.7 Å². The number of nitrogens with one attached hydrogen (secondary N) is 2. The highest BCUT2D eigenvalue weighted by Gasteiger charge is 2.19. The third kappa shape index (κ3) is 4.29. The van der Waals surface area contributed by atoms with Gasteiger partial charge in [0, 0.05) is 10.9 Å². The van der Waals surface area contributed by atoms with E-state index in [0.717, 1.165) is 11.0 Å². The van der Waals surface area contributed by atoms with Crippen molar-refractivity contribution >= 4 is 26.9 Å².